The molecule has 31 heavy (non-hydrogen) atoms. The molecule has 0 bridgehead atoms. The van der Waals surface area contributed by atoms with Crippen LogP contribution in [0.5, 0.6) is 0 Å². The van der Waals surface area contributed by atoms with E-state index in [9.17, 15) is 26.3 Å². The molecule has 10 heteroatoms. The zero-order valence-corrected chi connectivity index (χ0v) is 18.4. The lowest BCUT2D eigenvalue weighted by atomic mass is 10.0. The second-order valence-electron chi connectivity index (χ2n) is 6.84. The molecular weight excluding hydrogens is 480 g/mol. The van der Waals surface area contributed by atoms with Gasteiger partial charge in [0.05, 0.1) is 5.02 Å². The van der Waals surface area contributed by atoms with Crippen LogP contribution in [-0.2, 0) is 18.6 Å². The van der Waals surface area contributed by atoms with Gasteiger partial charge in [-0.05, 0) is 66.2 Å². The summed E-state index contributed by atoms with van der Waals surface area (Å²) < 4.78 is 75.6. The Morgan fingerprint density at radius 2 is 1.58 bits per heavy atom. The number of nitrogens with one attached hydrogen (secondary N) is 1. The third-order valence-electron chi connectivity index (χ3n) is 4.66. The molecule has 0 unspecified atom stereocenters. The predicted octanol–water partition coefficient (Wildman–Crippen LogP) is 7.42. The fourth-order valence-electron chi connectivity index (χ4n) is 3.11. The Morgan fingerprint density at radius 1 is 0.935 bits per heavy atom. The van der Waals surface area contributed by atoms with Crippen molar-refractivity contribution in [1.82, 2.24) is 5.32 Å². The smallest absolute Gasteiger partial charge is 0.316 e. The molecule has 0 saturated heterocycles. The number of allylic oxidation sites excluding steroid dienone is 1. The van der Waals surface area contributed by atoms with E-state index in [1.807, 2.05) is 12.1 Å². The first-order valence-corrected chi connectivity index (χ1v) is 11.5. The lowest BCUT2D eigenvalue weighted by molar-refractivity contribution is -0.171. The van der Waals surface area contributed by atoms with Crippen molar-refractivity contribution < 1.29 is 26.3 Å². The maximum atomic E-state index is 12.6. The fourth-order valence-corrected chi connectivity index (χ4v) is 5.38. The summed E-state index contributed by atoms with van der Waals surface area (Å²) in [6.07, 6.45) is -9.10. The summed E-state index contributed by atoms with van der Waals surface area (Å²) >= 11 is 8.39. The van der Waals surface area contributed by atoms with Gasteiger partial charge in [-0.3, -0.25) is 0 Å². The highest BCUT2D eigenvalue weighted by atomic mass is 35.5. The highest BCUT2D eigenvalue weighted by molar-refractivity contribution is 8.02. The van der Waals surface area contributed by atoms with Crippen LogP contribution in [-0.4, -0.2) is 25.4 Å². The van der Waals surface area contributed by atoms with Crippen LogP contribution in [0.15, 0.2) is 57.2 Å². The molecule has 0 radical (unpaired) electrons. The van der Waals surface area contributed by atoms with Crippen molar-refractivity contribution in [3.8, 4) is 0 Å². The number of hydrogen-bond donors (Lipinski definition) is 1. The Balaban J connectivity index is 1.69. The third-order valence-corrected chi connectivity index (χ3v) is 7.22. The van der Waals surface area contributed by atoms with Crippen molar-refractivity contribution >= 4 is 35.1 Å². The SMILES string of the molecule is FC(F)(F)C(=CSc1ccc(CSc2c(Cl)ccc3c2CCNCC3)cc1)C(F)(F)F. The molecule has 0 amide bonds. The molecule has 1 aliphatic heterocycles. The Labute approximate surface area is 189 Å². The van der Waals surface area contributed by atoms with Crippen molar-refractivity contribution in [1.29, 1.82) is 0 Å². The van der Waals surface area contributed by atoms with Crippen molar-refractivity contribution in [2.75, 3.05) is 13.1 Å². The minimum Gasteiger partial charge on any atom is -0.316 e. The van der Waals surface area contributed by atoms with E-state index in [1.165, 1.54) is 23.3 Å². The number of fused-ring (bicyclic) bond motifs is 1. The molecule has 0 fully saturated rings. The summed E-state index contributed by atoms with van der Waals surface area (Å²) in [7, 11) is 0. The molecule has 0 atom stereocenters. The topological polar surface area (TPSA) is 12.0 Å². The largest absolute Gasteiger partial charge is 0.421 e. The summed E-state index contributed by atoms with van der Waals surface area (Å²) in [4.78, 5) is 1.31. The van der Waals surface area contributed by atoms with Crippen LogP contribution >= 0.6 is 35.1 Å². The van der Waals surface area contributed by atoms with E-state index in [-0.39, 0.29) is 10.3 Å². The molecule has 0 spiro atoms. The first kappa shape index (κ1) is 24.4. The molecule has 168 valence electrons. The van der Waals surface area contributed by atoms with Gasteiger partial charge in [0, 0.05) is 15.5 Å². The van der Waals surface area contributed by atoms with E-state index in [0.717, 1.165) is 36.4 Å². The van der Waals surface area contributed by atoms with Gasteiger partial charge in [-0.2, -0.15) is 26.3 Å². The van der Waals surface area contributed by atoms with Gasteiger partial charge in [-0.25, -0.2) is 0 Å². The lowest BCUT2D eigenvalue weighted by Crippen LogP contribution is -2.25. The van der Waals surface area contributed by atoms with E-state index < -0.39 is 17.9 Å². The Morgan fingerprint density at radius 3 is 2.23 bits per heavy atom. The minimum atomic E-state index is -5.45. The van der Waals surface area contributed by atoms with E-state index >= 15 is 0 Å². The Hall–Kier alpha value is -1.29. The van der Waals surface area contributed by atoms with Crippen LogP contribution in [0.3, 0.4) is 0 Å². The van der Waals surface area contributed by atoms with E-state index in [0.29, 0.717) is 22.5 Å². The van der Waals surface area contributed by atoms with Crippen LogP contribution in [0.2, 0.25) is 5.02 Å². The molecule has 1 N–H and O–H groups in total. The summed E-state index contributed by atoms with van der Waals surface area (Å²) in [6.45, 7) is 1.79. The fraction of sp³-hybridized carbons (Fsp3) is 0.333. The average molecular weight is 498 g/mol. The van der Waals surface area contributed by atoms with Crippen molar-refractivity contribution in [3.05, 3.63) is 69.1 Å². The van der Waals surface area contributed by atoms with Crippen LogP contribution in [0, 0.1) is 0 Å². The Bertz CT molecular complexity index is 923. The van der Waals surface area contributed by atoms with Gasteiger partial charge >= 0.3 is 12.4 Å². The lowest BCUT2D eigenvalue weighted by Gasteiger charge is -2.15. The van der Waals surface area contributed by atoms with Gasteiger partial charge in [-0.15, -0.1) is 11.8 Å². The van der Waals surface area contributed by atoms with Gasteiger partial charge in [0.25, 0.3) is 0 Å². The van der Waals surface area contributed by atoms with Crippen LogP contribution < -0.4 is 5.32 Å². The normalized spacial score (nSPS) is 14.7. The number of rotatable bonds is 5. The number of hydrogen-bond acceptors (Lipinski definition) is 3. The molecule has 1 heterocycles. The highest BCUT2D eigenvalue weighted by Gasteiger charge is 2.50. The standard InChI is InChI=1S/C21H18ClF6NS2/c22-17-6-3-14-7-9-29-10-8-16(14)19(17)31-11-13-1-4-15(5-2-13)30-12-18(20(23,24)25)21(26,27)28/h1-6,12,29H,7-11H2. The summed E-state index contributed by atoms with van der Waals surface area (Å²) in [6, 6.07) is 10.3. The molecule has 3 rings (SSSR count). The van der Waals surface area contributed by atoms with Crippen molar-refractivity contribution in [2.45, 2.75) is 40.7 Å². The quantitative estimate of drug-likeness (QED) is 0.341. The second-order valence-corrected chi connectivity index (χ2v) is 9.18. The first-order valence-electron chi connectivity index (χ1n) is 9.29. The number of halogens is 7. The maximum absolute atomic E-state index is 12.6. The second kappa shape index (κ2) is 10.1. The van der Waals surface area contributed by atoms with E-state index in [2.05, 4.69) is 5.32 Å². The highest BCUT2D eigenvalue weighted by Crippen LogP contribution is 2.41. The van der Waals surface area contributed by atoms with Gasteiger partial charge in [0.2, 0.25) is 0 Å². The first-order chi connectivity index (χ1) is 14.6. The summed E-state index contributed by atoms with van der Waals surface area (Å²) in [5.41, 5.74) is 0.872. The third kappa shape index (κ3) is 6.60. The Kier molecular flexibility index (Phi) is 7.94. The minimum absolute atomic E-state index is 0.108. The summed E-state index contributed by atoms with van der Waals surface area (Å²) in [5.74, 6) is 0.584. The molecule has 1 aliphatic rings. The van der Waals surface area contributed by atoms with Gasteiger partial charge in [-0.1, -0.05) is 41.6 Å². The van der Waals surface area contributed by atoms with Crippen LogP contribution in [0.25, 0.3) is 0 Å². The van der Waals surface area contributed by atoms with Crippen molar-refractivity contribution in [3.63, 3.8) is 0 Å². The predicted molar refractivity (Wildman–Crippen MR) is 114 cm³/mol. The molecule has 1 nitrogen and oxygen atoms in total. The zero-order chi connectivity index (χ0) is 22.6. The monoisotopic (exact) mass is 497 g/mol. The molecule has 2 aromatic carbocycles. The van der Waals surface area contributed by atoms with E-state index in [4.69, 9.17) is 11.6 Å². The number of alkyl halides is 6. The zero-order valence-electron chi connectivity index (χ0n) is 16.0. The van der Waals surface area contributed by atoms with Crippen LogP contribution in [0.4, 0.5) is 26.3 Å². The molecular formula is C21H18ClF6NS2. The maximum Gasteiger partial charge on any atom is 0.421 e. The number of thioether (sulfide) groups is 2. The van der Waals surface area contributed by atoms with Gasteiger partial charge in [0.1, 0.15) is 5.57 Å². The van der Waals surface area contributed by atoms with Gasteiger partial charge < -0.3 is 5.32 Å². The van der Waals surface area contributed by atoms with E-state index in [1.54, 1.807) is 23.9 Å². The molecule has 2 aromatic rings. The molecule has 0 aliphatic carbocycles. The van der Waals surface area contributed by atoms with Gasteiger partial charge in [0.15, 0.2) is 0 Å². The molecule has 0 aromatic heterocycles. The number of benzene rings is 2. The molecule has 0 saturated carbocycles. The average Bonchev–Trinajstić information content (AvgIpc) is 2.92. The van der Waals surface area contributed by atoms with Crippen LogP contribution in [0.1, 0.15) is 16.7 Å². The van der Waals surface area contributed by atoms with Crippen molar-refractivity contribution in [2.24, 2.45) is 0 Å². The summed E-state index contributed by atoms with van der Waals surface area (Å²) in [5, 5.41) is 4.14.